The highest BCUT2D eigenvalue weighted by Crippen LogP contribution is 2.36. The molecule has 16 heteroatoms. The van der Waals surface area contributed by atoms with Crippen molar-refractivity contribution in [2.75, 3.05) is 33.3 Å². The number of ether oxygens (including phenoxy) is 1. The van der Waals surface area contributed by atoms with Gasteiger partial charge in [0.2, 0.25) is 15.9 Å². The van der Waals surface area contributed by atoms with E-state index in [1.54, 1.807) is 50.4 Å². The lowest BCUT2D eigenvalue weighted by Gasteiger charge is -2.34. The summed E-state index contributed by atoms with van der Waals surface area (Å²) in [6.07, 6.45) is 1.38. The predicted molar refractivity (Wildman–Crippen MR) is 154 cm³/mol. The number of benzene rings is 1. The molecule has 1 saturated heterocycles. The number of pyridine rings is 1. The topological polar surface area (TPSA) is 146 Å². The molecule has 1 saturated carbocycles. The molecule has 45 heavy (non-hydrogen) atoms. The van der Waals surface area contributed by atoms with Gasteiger partial charge in [-0.1, -0.05) is 0 Å². The molecule has 3 heterocycles. The van der Waals surface area contributed by atoms with Gasteiger partial charge in [-0.15, -0.1) is 0 Å². The summed E-state index contributed by atoms with van der Waals surface area (Å²) in [5.41, 5.74) is 2.64. The van der Waals surface area contributed by atoms with Gasteiger partial charge in [0.25, 0.3) is 5.91 Å². The van der Waals surface area contributed by atoms with Crippen molar-refractivity contribution in [2.45, 2.75) is 56.9 Å². The zero-order valence-electron chi connectivity index (χ0n) is 25.0. The molecule has 0 spiro atoms. The van der Waals surface area contributed by atoms with Crippen LogP contribution in [-0.2, 0) is 27.9 Å². The van der Waals surface area contributed by atoms with Gasteiger partial charge in [0.05, 0.1) is 18.6 Å². The van der Waals surface area contributed by atoms with E-state index >= 15 is 0 Å². The maximum atomic E-state index is 13.7. The summed E-state index contributed by atoms with van der Waals surface area (Å²) in [6.45, 7) is 7.02. The van der Waals surface area contributed by atoms with Crippen molar-refractivity contribution in [1.29, 1.82) is 0 Å². The Morgan fingerprint density at radius 2 is 1.67 bits per heavy atom. The highest BCUT2D eigenvalue weighted by molar-refractivity contribution is 7.89. The number of nitrogens with zero attached hydrogens (tertiary/aromatic N) is 5. The average molecular weight is 654 g/mol. The molecular formula is C29H34F3N5O7S. The second-order valence-corrected chi connectivity index (χ2v) is 12.6. The van der Waals surface area contributed by atoms with Crippen LogP contribution in [0.25, 0.3) is 0 Å². The van der Waals surface area contributed by atoms with E-state index in [9.17, 15) is 26.4 Å². The Hall–Kier alpha value is -4.02. The number of carbonyl (C=O) groups is 2. The maximum Gasteiger partial charge on any atom is 0.490 e. The van der Waals surface area contributed by atoms with E-state index < -0.39 is 22.2 Å². The highest BCUT2D eigenvalue weighted by atomic mass is 32.2. The minimum absolute atomic E-state index is 0.0229. The summed E-state index contributed by atoms with van der Waals surface area (Å²) in [4.78, 5) is 34.8. The van der Waals surface area contributed by atoms with E-state index in [0.29, 0.717) is 30.0 Å². The summed E-state index contributed by atoms with van der Waals surface area (Å²) in [7, 11) is -2.25. The van der Waals surface area contributed by atoms with Crippen LogP contribution in [0.15, 0.2) is 52.2 Å². The number of carboxylic acids is 1. The molecule has 2 fully saturated rings. The van der Waals surface area contributed by atoms with Crippen molar-refractivity contribution in [3.05, 3.63) is 71.2 Å². The molecule has 12 nitrogen and oxygen atoms in total. The quantitative estimate of drug-likeness (QED) is 0.363. The third-order valence-electron chi connectivity index (χ3n) is 7.31. The summed E-state index contributed by atoms with van der Waals surface area (Å²) in [5, 5.41) is 7.12. The van der Waals surface area contributed by atoms with Crippen LogP contribution in [0.2, 0.25) is 0 Å². The van der Waals surface area contributed by atoms with Crippen LogP contribution in [-0.4, -0.2) is 95.0 Å². The van der Waals surface area contributed by atoms with Gasteiger partial charge in [-0.3, -0.25) is 14.7 Å². The molecule has 1 aromatic carbocycles. The summed E-state index contributed by atoms with van der Waals surface area (Å²) < 4.78 is 71.6. The van der Waals surface area contributed by atoms with Gasteiger partial charge in [0, 0.05) is 51.2 Å². The molecule has 1 N–H and O–H groups in total. The minimum Gasteiger partial charge on any atom is -0.497 e. The van der Waals surface area contributed by atoms with Crippen LogP contribution < -0.4 is 4.74 Å². The van der Waals surface area contributed by atoms with Crippen molar-refractivity contribution >= 4 is 21.9 Å². The molecule has 3 aromatic rings. The van der Waals surface area contributed by atoms with Crippen LogP contribution in [0.4, 0.5) is 13.2 Å². The number of methoxy groups -OCH3 is 1. The zero-order valence-corrected chi connectivity index (χ0v) is 25.8. The summed E-state index contributed by atoms with van der Waals surface area (Å²) in [5.74, 6) is -2.13. The summed E-state index contributed by atoms with van der Waals surface area (Å²) >= 11 is 0. The number of rotatable bonds is 9. The van der Waals surface area contributed by atoms with Gasteiger partial charge in [0.1, 0.15) is 12.0 Å². The molecule has 0 atom stereocenters. The number of piperazine rings is 1. The number of aliphatic carboxylic acids is 1. The molecule has 244 valence electrons. The van der Waals surface area contributed by atoms with Crippen molar-refractivity contribution in [3.8, 4) is 5.75 Å². The number of aromatic nitrogens is 2. The van der Waals surface area contributed by atoms with Gasteiger partial charge in [0.15, 0.2) is 5.69 Å². The highest BCUT2D eigenvalue weighted by Gasteiger charge is 2.41. The number of alkyl halides is 3. The molecular weight excluding hydrogens is 619 g/mol. The first-order chi connectivity index (χ1) is 21.2. The molecule has 0 radical (unpaired) electrons. The Bertz CT molecular complexity index is 1580. The number of oxazole rings is 1. The summed E-state index contributed by atoms with van der Waals surface area (Å²) in [6, 6.07) is 7.33. The van der Waals surface area contributed by atoms with Gasteiger partial charge in [-0.2, -0.15) is 17.5 Å². The van der Waals surface area contributed by atoms with Crippen molar-refractivity contribution in [1.82, 2.24) is 24.1 Å². The van der Waals surface area contributed by atoms with Crippen LogP contribution in [0.3, 0.4) is 0 Å². The van der Waals surface area contributed by atoms with Gasteiger partial charge >= 0.3 is 12.1 Å². The Balaban J connectivity index is 0.000000591. The predicted octanol–water partition coefficient (Wildman–Crippen LogP) is 3.64. The Kier molecular flexibility index (Phi) is 10.5. The lowest BCUT2D eigenvalue weighted by Crippen LogP contribution is -2.48. The van der Waals surface area contributed by atoms with Crippen LogP contribution in [0, 0.1) is 13.8 Å². The molecule has 1 aliphatic carbocycles. The standard InChI is InChI=1S/C27H33N5O5S.C2HF3O2/c1-19-14-23(36-3)15-20(2)26(19)38(34,35)32(22-4-5-22)17-25-29-24(18-37-25)27(33)31-12-10-30(11-13-31)16-21-6-8-28-9-7-21;3-2(4,5)1(6)7/h6-9,14-15,18,22H,4-5,10-13,16-17H2,1-3H3;(H,6,7). The maximum absolute atomic E-state index is 13.7. The number of hydrogen-bond donors (Lipinski definition) is 1. The Morgan fingerprint density at radius 1 is 1.09 bits per heavy atom. The number of hydrogen-bond acceptors (Lipinski definition) is 9. The van der Waals surface area contributed by atoms with Crippen LogP contribution in [0.5, 0.6) is 5.75 Å². The first kappa shape index (κ1) is 33.9. The molecule has 0 bridgehead atoms. The smallest absolute Gasteiger partial charge is 0.490 e. The minimum atomic E-state index is -5.08. The van der Waals surface area contributed by atoms with E-state index in [4.69, 9.17) is 19.1 Å². The third kappa shape index (κ3) is 8.58. The first-order valence-corrected chi connectivity index (χ1v) is 15.5. The van der Waals surface area contributed by atoms with Gasteiger partial charge in [-0.25, -0.2) is 18.2 Å². The second kappa shape index (κ2) is 14.0. The second-order valence-electron chi connectivity index (χ2n) is 10.7. The average Bonchev–Trinajstić information content (AvgIpc) is 3.72. The molecule has 1 amide bonds. The van der Waals surface area contributed by atoms with Crippen molar-refractivity contribution in [2.24, 2.45) is 0 Å². The molecule has 0 unspecified atom stereocenters. The SMILES string of the molecule is COc1cc(C)c(S(=O)(=O)N(Cc2nc(C(=O)N3CCN(Cc4ccncc4)CC3)co2)C2CC2)c(C)c1.O=C(O)C(F)(F)F. The first-order valence-electron chi connectivity index (χ1n) is 14.0. The van der Waals surface area contributed by atoms with Crippen LogP contribution >= 0.6 is 0 Å². The number of carboxylic acid groups (broad SMARTS) is 1. The monoisotopic (exact) mass is 653 g/mol. The number of halogens is 3. The number of amides is 1. The lowest BCUT2D eigenvalue weighted by molar-refractivity contribution is -0.192. The van der Waals surface area contributed by atoms with Gasteiger partial charge < -0.3 is 19.2 Å². The fourth-order valence-electron chi connectivity index (χ4n) is 4.96. The molecule has 2 aliphatic rings. The van der Waals surface area contributed by atoms with Crippen LogP contribution in [0.1, 0.15) is 45.9 Å². The third-order valence-corrected chi connectivity index (χ3v) is 9.51. The number of sulfonamides is 1. The molecule has 1 aliphatic heterocycles. The molecule has 2 aromatic heterocycles. The fraction of sp³-hybridized carbons (Fsp3) is 0.448. The lowest BCUT2D eigenvalue weighted by atomic mass is 10.1. The largest absolute Gasteiger partial charge is 0.497 e. The number of aryl methyl sites for hydroxylation is 2. The Morgan fingerprint density at radius 3 is 2.18 bits per heavy atom. The van der Waals surface area contributed by atoms with E-state index in [-0.39, 0.29) is 35.0 Å². The Labute approximate surface area is 258 Å². The molecule has 5 rings (SSSR count). The number of carbonyl (C=O) groups excluding carboxylic acids is 1. The van der Waals surface area contributed by atoms with Gasteiger partial charge in [-0.05, 0) is 67.6 Å². The van der Waals surface area contributed by atoms with E-state index in [1.165, 1.54) is 16.1 Å². The fourth-order valence-corrected chi connectivity index (χ4v) is 7.01. The van der Waals surface area contributed by atoms with E-state index in [2.05, 4.69) is 14.9 Å². The normalized spacial score (nSPS) is 15.8. The van der Waals surface area contributed by atoms with E-state index in [0.717, 1.165) is 32.5 Å². The van der Waals surface area contributed by atoms with Crippen molar-refractivity contribution < 1.29 is 45.4 Å². The zero-order chi connectivity index (χ0) is 32.9. The van der Waals surface area contributed by atoms with Crippen molar-refractivity contribution in [3.63, 3.8) is 0 Å². The van der Waals surface area contributed by atoms with E-state index in [1.807, 2.05) is 12.1 Å².